The van der Waals surface area contributed by atoms with E-state index in [4.69, 9.17) is 11.5 Å². The fourth-order valence-corrected chi connectivity index (χ4v) is 6.09. The first-order valence-electron chi connectivity index (χ1n) is 10.8. The molecule has 3 nitrogen and oxygen atoms in total. The Balaban J connectivity index is 1.50. The molecule has 2 aliphatic rings. The molecule has 148 valence electrons. The molecule has 4 heteroatoms. The zero-order valence-electron chi connectivity index (χ0n) is 16.7. The van der Waals surface area contributed by atoms with E-state index in [1.165, 1.54) is 49.7 Å². The standard InChI is InChI=1S/C24H32N2OP/c25-23(15-3-1-4-16-23)19-7-11-21(12-8-19)28(27)22-13-9-20(10-14-22)24(26)17-5-2-6-18-24/h7-14H,1-6,15-18,25-26H2/q+1. The molecule has 2 aliphatic carbocycles. The molecule has 0 atom stereocenters. The van der Waals surface area contributed by atoms with Gasteiger partial charge in [-0.25, -0.2) is 0 Å². The van der Waals surface area contributed by atoms with Gasteiger partial charge in [-0.15, -0.1) is 0 Å². The van der Waals surface area contributed by atoms with Crippen molar-refractivity contribution in [2.45, 2.75) is 75.3 Å². The summed E-state index contributed by atoms with van der Waals surface area (Å²) in [5, 5.41) is 1.73. The predicted octanol–water partition coefficient (Wildman–Crippen LogP) is 4.70. The molecule has 0 aliphatic heterocycles. The summed E-state index contributed by atoms with van der Waals surface area (Å²) in [5.74, 6) is 0. The van der Waals surface area contributed by atoms with Crippen LogP contribution in [0.5, 0.6) is 0 Å². The lowest BCUT2D eigenvalue weighted by atomic mass is 9.77. The monoisotopic (exact) mass is 395 g/mol. The van der Waals surface area contributed by atoms with E-state index in [-0.39, 0.29) is 11.1 Å². The molecule has 2 saturated carbocycles. The summed E-state index contributed by atoms with van der Waals surface area (Å²) in [6, 6.07) is 16.3. The lowest BCUT2D eigenvalue weighted by Crippen LogP contribution is -2.38. The first kappa shape index (κ1) is 19.8. The van der Waals surface area contributed by atoms with Gasteiger partial charge in [-0.3, -0.25) is 0 Å². The van der Waals surface area contributed by atoms with Crippen LogP contribution in [-0.4, -0.2) is 0 Å². The summed E-state index contributed by atoms with van der Waals surface area (Å²) in [7, 11) is -1.60. The zero-order chi connectivity index (χ0) is 19.6. The number of hydrogen-bond acceptors (Lipinski definition) is 3. The Bertz CT molecular complexity index is 747. The summed E-state index contributed by atoms with van der Waals surface area (Å²) in [6.07, 6.45) is 11.5. The van der Waals surface area contributed by atoms with Gasteiger partial charge in [-0.05, 0) is 61.1 Å². The highest BCUT2D eigenvalue weighted by Crippen LogP contribution is 2.36. The van der Waals surface area contributed by atoms with Crippen molar-refractivity contribution < 1.29 is 4.57 Å². The van der Waals surface area contributed by atoms with Crippen molar-refractivity contribution in [1.29, 1.82) is 0 Å². The number of rotatable bonds is 4. The molecule has 0 bridgehead atoms. The molecule has 0 radical (unpaired) electrons. The summed E-state index contributed by atoms with van der Waals surface area (Å²) >= 11 is 0. The van der Waals surface area contributed by atoms with Gasteiger partial charge in [0, 0.05) is 11.1 Å². The maximum Gasteiger partial charge on any atom is 0.415 e. The minimum Gasteiger partial charge on any atom is -0.321 e. The normalized spacial score (nSPS) is 21.2. The minimum absolute atomic E-state index is 0.209. The van der Waals surface area contributed by atoms with E-state index >= 15 is 0 Å². The Morgan fingerprint density at radius 1 is 0.571 bits per heavy atom. The van der Waals surface area contributed by atoms with E-state index in [0.717, 1.165) is 36.3 Å². The average molecular weight is 396 g/mol. The van der Waals surface area contributed by atoms with Crippen LogP contribution < -0.4 is 22.1 Å². The number of benzene rings is 2. The minimum atomic E-state index is -1.60. The lowest BCUT2D eigenvalue weighted by molar-refractivity contribution is 0.302. The van der Waals surface area contributed by atoms with Gasteiger partial charge in [0.05, 0.1) is 0 Å². The fraction of sp³-hybridized carbons (Fsp3) is 0.500. The number of nitrogens with two attached hydrogens (primary N) is 2. The summed E-state index contributed by atoms with van der Waals surface area (Å²) < 4.78 is 13.1. The molecule has 2 aromatic rings. The van der Waals surface area contributed by atoms with Crippen molar-refractivity contribution in [2.24, 2.45) is 11.5 Å². The van der Waals surface area contributed by atoms with Crippen LogP contribution in [0.15, 0.2) is 48.5 Å². The van der Waals surface area contributed by atoms with Crippen molar-refractivity contribution in [3.63, 3.8) is 0 Å². The first-order valence-corrected chi connectivity index (χ1v) is 12.0. The van der Waals surface area contributed by atoms with Crippen molar-refractivity contribution in [3.8, 4) is 0 Å². The molecule has 2 fully saturated rings. The largest absolute Gasteiger partial charge is 0.415 e. The second-order valence-electron chi connectivity index (χ2n) is 8.82. The topological polar surface area (TPSA) is 69.1 Å². The molecule has 0 amide bonds. The molecular formula is C24H32N2OP+. The highest BCUT2D eigenvalue weighted by molar-refractivity contribution is 7.61. The van der Waals surface area contributed by atoms with E-state index in [0.29, 0.717) is 0 Å². The van der Waals surface area contributed by atoms with Gasteiger partial charge in [0.2, 0.25) is 0 Å². The predicted molar refractivity (Wildman–Crippen MR) is 118 cm³/mol. The van der Waals surface area contributed by atoms with Gasteiger partial charge in [0.1, 0.15) is 0 Å². The zero-order valence-corrected chi connectivity index (χ0v) is 17.6. The highest BCUT2D eigenvalue weighted by Gasteiger charge is 2.32. The molecular weight excluding hydrogens is 363 g/mol. The van der Waals surface area contributed by atoms with E-state index in [2.05, 4.69) is 24.3 Å². The van der Waals surface area contributed by atoms with E-state index in [1.807, 2.05) is 24.3 Å². The van der Waals surface area contributed by atoms with Gasteiger partial charge in [0.15, 0.2) is 10.6 Å². The summed E-state index contributed by atoms with van der Waals surface area (Å²) in [5.41, 5.74) is 15.2. The average Bonchev–Trinajstić information content (AvgIpc) is 2.74. The molecule has 28 heavy (non-hydrogen) atoms. The van der Waals surface area contributed by atoms with Crippen LogP contribution in [-0.2, 0) is 15.6 Å². The van der Waals surface area contributed by atoms with Crippen LogP contribution in [0.3, 0.4) is 0 Å². The van der Waals surface area contributed by atoms with Gasteiger partial charge in [-0.2, -0.15) is 0 Å². The maximum atomic E-state index is 13.1. The Morgan fingerprint density at radius 2 is 0.893 bits per heavy atom. The van der Waals surface area contributed by atoms with Gasteiger partial charge in [-0.1, -0.05) is 67.4 Å². The van der Waals surface area contributed by atoms with Crippen LogP contribution in [0.4, 0.5) is 0 Å². The second kappa shape index (κ2) is 8.06. The first-order chi connectivity index (χ1) is 13.5. The van der Waals surface area contributed by atoms with Crippen molar-refractivity contribution in [3.05, 3.63) is 59.7 Å². The molecule has 0 aromatic heterocycles. The molecule has 0 unspecified atom stereocenters. The molecule has 2 aromatic carbocycles. The Morgan fingerprint density at radius 3 is 1.21 bits per heavy atom. The van der Waals surface area contributed by atoms with Crippen molar-refractivity contribution >= 4 is 18.4 Å². The van der Waals surface area contributed by atoms with Crippen LogP contribution in [0.2, 0.25) is 0 Å². The maximum absolute atomic E-state index is 13.1. The highest BCUT2D eigenvalue weighted by atomic mass is 31.1. The van der Waals surface area contributed by atoms with E-state index in [1.54, 1.807) is 0 Å². The van der Waals surface area contributed by atoms with Gasteiger partial charge >= 0.3 is 7.80 Å². The van der Waals surface area contributed by atoms with Gasteiger partial charge < -0.3 is 11.5 Å². The third-order valence-corrected chi connectivity index (χ3v) is 8.38. The smallest absolute Gasteiger partial charge is 0.321 e. The van der Waals surface area contributed by atoms with Crippen molar-refractivity contribution in [2.75, 3.05) is 0 Å². The third kappa shape index (κ3) is 3.94. The molecule has 0 spiro atoms. The van der Waals surface area contributed by atoms with Crippen molar-refractivity contribution in [1.82, 2.24) is 0 Å². The van der Waals surface area contributed by atoms with E-state index in [9.17, 15) is 4.57 Å². The molecule has 4 N–H and O–H groups in total. The SMILES string of the molecule is NC1(c2ccc([P+](=O)c3ccc(C4(N)CCCCC4)cc3)cc2)CCCCC1. The third-order valence-electron chi connectivity index (χ3n) is 6.85. The second-order valence-corrected chi connectivity index (χ2v) is 10.4. The lowest BCUT2D eigenvalue weighted by Gasteiger charge is -2.34. The molecule has 0 saturated heterocycles. The Labute approximate surface area is 169 Å². The summed E-state index contributed by atoms with van der Waals surface area (Å²) in [6.45, 7) is 0. The quantitative estimate of drug-likeness (QED) is 0.737. The van der Waals surface area contributed by atoms with E-state index < -0.39 is 7.80 Å². The number of hydrogen-bond donors (Lipinski definition) is 2. The van der Waals surface area contributed by atoms with Crippen LogP contribution in [0.25, 0.3) is 0 Å². The summed E-state index contributed by atoms with van der Waals surface area (Å²) in [4.78, 5) is 0. The molecule has 4 rings (SSSR count). The van der Waals surface area contributed by atoms with Crippen LogP contribution in [0.1, 0.15) is 75.3 Å². The fourth-order valence-electron chi connectivity index (χ4n) is 4.95. The van der Waals surface area contributed by atoms with Crippen LogP contribution >= 0.6 is 7.80 Å². The Kier molecular flexibility index (Phi) is 5.69. The van der Waals surface area contributed by atoms with Crippen LogP contribution in [0, 0.1) is 0 Å². The molecule has 0 heterocycles. The Hall–Kier alpha value is -1.54. The van der Waals surface area contributed by atoms with Gasteiger partial charge in [0.25, 0.3) is 0 Å².